The maximum Gasteiger partial charge on any atom is 0.205 e. The number of nitrogens with one attached hydrogen (secondary N) is 1. The van der Waals surface area contributed by atoms with E-state index < -0.39 is 0 Å². The molecule has 16 heteroatoms. The van der Waals surface area contributed by atoms with Crippen molar-refractivity contribution in [1.29, 1.82) is 15.9 Å². The molecular weight excluding hydrogens is 873 g/mol. The van der Waals surface area contributed by atoms with Gasteiger partial charge in [0.05, 0.1) is 35.1 Å². The highest BCUT2D eigenvalue weighted by Gasteiger charge is 2.20. The van der Waals surface area contributed by atoms with Crippen LogP contribution in [0.1, 0.15) is 51.3 Å². The molecule has 0 atom stereocenters. The first-order valence-electron chi connectivity index (χ1n) is 21.0. The van der Waals surface area contributed by atoms with Gasteiger partial charge >= 0.3 is 0 Å². The number of pyridine rings is 2. The zero-order valence-corrected chi connectivity index (χ0v) is 37.4. The summed E-state index contributed by atoms with van der Waals surface area (Å²) in [6, 6.07) is 39.4. The topological polar surface area (TPSA) is 205 Å². The quantitative estimate of drug-likeness (QED) is 0.0434. The summed E-state index contributed by atoms with van der Waals surface area (Å²) in [4.78, 5) is 31.4. The third kappa shape index (κ3) is 11.6. The van der Waals surface area contributed by atoms with Gasteiger partial charge in [-0.25, -0.2) is 38.1 Å². The monoisotopic (exact) mass is 919 g/mol. The molecule has 3 N–H and O–H groups in total. The molecule has 69 heavy (non-hydrogen) atoms. The van der Waals surface area contributed by atoms with Crippen LogP contribution in [0.5, 0.6) is 0 Å². The van der Waals surface area contributed by atoms with Crippen LogP contribution >= 0.6 is 0 Å². The Bertz CT molecular complexity index is 3400. The molecule has 9 aromatic rings. The molecule has 0 fully saturated rings. The molecule has 0 aliphatic heterocycles. The molecular formula is C53H47F2N13O. The molecule has 0 aliphatic rings. The van der Waals surface area contributed by atoms with Gasteiger partial charge in [-0.2, -0.15) is 20.7 Å². The molecule has 5 heterocycles. The van der Waals surface area contributed by atoms with Crippen molar-refractivity contribution in [1.82, 2.24) is 44.4 Å². The molecule has 0 spiro atoms. The van der Waals surface area contributed by atoms with Gasteiger partial charge in [-0.15, -0.1) is 0 Å². The fourth-order valence-electron chi connectivity index (χ4n) is 6.95. The number of nitriles is 2. The van der Waals surface area contributed by atoms with E-state index in [0.717, 1.165) is 22.1 Å². The number of nitrogen functional groups attached to an aromatic ring is 1. The number of benzene rings is 4. The number of amidine groups is 1. The summed E-state index contributed by atoms with van der Waals surface area (Å²) in [7, 11) is 3.56. The third-order valence-corrected chi connectivity index (χ3v) is 10.3. The van der Waals surface area contributed by atoms with E-state index in [0.29, 0.717) is 61.8 Å². The summed E-state index contributed by atoms with van der Waals surface area (Å²) in [6.45, 7) is 4.42. The Morgan fingerprint density at radius 2 is 1.26 bits per heavy atom. The number of hydrogen-bond donors (Lipinski definition) is 2. The number of halogens is 2. The molecule has 0 saturated carbocycles. The molecule has 5 aromatic heterocycles. The number of ketones is 1. The molecule has 0 amide bonds. The Morgan fingerprint density at radius 1 is 0.725 bits per heavy atom. The fraction of sp³-hybridized carbons (Fsp3) is 0.132. The maximum absolute atomic E-state index is 14.2. The number of nitrogens with zero attached hydrogens (tertiary/aromatic N) is 11. The number of carbonyl (C=O) groups is 1. The summed E-state index contributed by atoms with van der Waals surface area (Å²) in [5, 5.41) is 36.4. The second kappa shape index (κ2) is 22.3. The lowest BCUT2D eigenvalue weighted by molar-refractivity contribution is 0.103. The number of nitrogens with two attached hydrogens (primary N) is 1. The van der Waals surface area contributed by atoms with Gasteiger partial charge in [-0.1, -0.05) is 103 Å². The average molecular weight is 920 g/mol. The van der Waals surface area contributed by atoms with E-state index in [1.54, 1.807) is 101 Å². The van der Waals surface area contributed by atoms with Crippen LogP contribution in [0.25, 0.3) is 44.8 Å². The number of aromatic nitrogens is 8. The first-order chi connectivity index (χ1) is 32.8. The Morgan fingerprint density at radius 3 is 1.80 bits per heavy atom. The second-order valence-corrected chi connectivity index (χ2v) is 15.6. The smallest absolute Gasteiger partial charge is 0.205 e. The average Bonchev–Trinajstić information content (AvgIpc) is 3.91. The van der Waals surface area contributed by atoms with E-state index >= 15 is 0 Å². The highest BCUT2D eigenvalue weighted by molar-refractivity contribution is 6.11. The highest BCUT2D eigenvalue weighted by Crippen LogP contribution is 2.29. The molecule has 4 aromatic carbocycles. The van der Waals surface area contributed by atoms with Crippen LogP contribution in [0.2, 0.25) is 0 Å². The third-order valence-electron chi connectivity index (χ3n) is 10.3. The first-order valence-corrected chi connectivity index (χ1v) is 21.0. The van der Waals surface area contributed by atoms with E-state index in [-0.39, 0.29) is 49.3 Å². The van der Waals surface area contributed by atoms with Gasteiger partial charge in [0.2, 0.25) is 5.78 Å². The highest BCUT2D eigenvalue weighted by atomic mass is 19.1. The lowest BCUT2D eigenvalue weighted by Gasteiger charge is -2.06. The van der Waals surface area contributed by atoms with Gasteiger partial charge in [0, 0.05) is 61.1 Å². The molecule has 0 saturated heterocycles. The Balaban J connectivity index is 0.000000182. The maximum atomic E-state index is 14.2. The Hall–Kier alpha value is -9.28. The molecule has 0 bridgehead atoms. The van der Waals surface area contributed by atoms with Crippen LogP contribution in [0.15, 0.2) is 152 Å². The SMILES string of the molecule is C.Cc1ccc(-c2nc(-c3nn(Cc4ccccc4F)c4ncccc34)ncc2C#N)cc1.Cc1ccc(C(=O)/C(C#N)=C/N(C)C)cc1.N=C(N)c1nn(Cc2ccccc2F)c2ncccc12. The number of hydrogen-bond acceptors (Lipinski definition) is 11. The molecule has 14 nitrogen and oxygen atoms in total. The van der Waals surface area contributed by atoms with Crippen LogP contribution in [0.4, 0.5) is 8.78 Å². The van der Waals surface area contributed by atoms with Crippen LogP contribution in [0.3, 0.4) is 0 Å². The lowest BCUT2D eigenvalue weighted by Crippen LogP contribution is -2.13. The van der Waals surface area contributed by atoms with Gasteiger partial charge in [-0.3, -0.25) is 10.2 Å². The van der Waals surface area contributed by atoms with Crippen molar-refractivity contribution in [2.24, 2.45) is 5.73 Å². The largest absolute Gasteiger partial charge is 0.382 e. The van der Waals surface area contributed by atoms with E-state index in [4.69, 9.17) is 21.4 Å². The van der Waals surface area contributed by atoms with E-state index in [2.05, 4.69) is 31.2 Å². The number of rotatable bonds is 10. The molecule has 0 radical (unpaired) electrons. The van der Waals surface area contributed by atoms with E-state index in [1.165, 1.54) is 24.5 Å². The molecule has 9 rings (SSSR count). The first kappa shape index (κ1) is 49.2. The van der Waals surface area contributed by atoms with Crippen molar-refractivity contribution in [3.8, 4) is 34.9 Å². The van der Waals surface area contributed by atoms with Crippen molar-refractivity contribution in [3.63, 3.8) is 0 Å². The summed E-state index contributed by atoms with van der Waals surface area (Å²) < 4.78 is 31.2. The Labute approximate surface area is 397 Å². The number of fused-ring (bicyclic) bond motifs is 2. The number of carbonyl (C=O) groups excluding carboxylic acids is 1. The van der Waals surface area contributed by atoms with Gasteiger partial charge in [-0.05, 0) is 50.2 Å². The minimum absolute atomic E-state index is 0. The number of Topliss-reactive ketones (excluding diaryl/α,β-unsaturated/α-hetero) is 1. The minimum atomic E-state index is -0.301. The van der Waals surface area contributed by atoms with Crippen molar-refractivity contribution in [3.05, 3.63) is 202 Å². The van der Waals surface area contributed by atoms with Crippen LogP contribution < -0.4 is 5.73 Å². The van der Waals surface area contributed by atoms with Gasteiger partial charge in [0.15, 0.2) is 17.1 Å². The van der Waals surface area contributed by atoms with Crippen LogP contribution in [-0.4, -0.2) is 70.1 Å². The Kier molecular flexibility index (Phi) is 15.9. The van der Waals surface area contributed by atoms with Gasteiger partial charge in [0.25, 0.3) is 0 Å². The van der Waals surface area contributed by atoms with Gasteiger partial charge in [0.1, 0.15) is 46.6 Å². The summed E-state index contributed by atoms with van der Waals surface area (Å²) in [5.41, 5.74) is 13.3. The van der Waals surface area contributed by atoms with E-state index in [9.17, 15) is 18.8 Å². The van der Waals surface area contributed by atoms with Crippen molar-refractivity contribution in [2.45, 2.75) is 34.4 Å². The number of allylic oxidation sites excluding steroid dienone is 1. The number of aryl methyl sites for hydroxylation is 2. The predicted octanol–water partition coefficient (Wildman–Crippen LogP) is 9.61. The van der Waals surface area contributed by atoms with Crippen LogP contribution in [-0.2, 0) is 13.1 Å². The fourth-order valence-corrected chi connectivity index (χ4v) is 6.95. The summed E-state index contributed by atoms with van der Waals surface area (Å²) >= 11 is 0. The van der Waals surface area contributed by atoms with Crippen molar-refractivity contribution >= 4 is 33.7 Å². The predicted molar refractivity (Wildman–Crippen MR) is 263 cm³/mol. The van der Waals surface area contributed by atoms with Crippen molar-refractivity contribution < 1.29 is 13.6 Å². The minimum Gasteiger partial charge on any atom is -0.382 e. The zero-order valence-electron chi connectivity index (χ0n) is 37.4. The molecule has 0 aliphatic carbocycles. The molecule has 344 valence electrons. The van der Waals surface area contributed by atoms with Crippen LogP contribution in [0, 0.1) is 53.6 Å². The summed E-state index contributed by atoms with van der Waals surface area (Å²) in [6.07, 6.45) is 6.34. The second-order valence-electron chi connectivity index (χ2n) is 15.6. The lowest BCUT2D eigenvalue weighted by atomic mass is 10.0. The van der Waals surface area contributed by atoms with Crippen molar-refractivity contribution in [2.75, 3.05) is 14.1 Å². The summed E-state index contributed by atoms with van der Waals surface area (Å²) in [5.74, 6) is -0.585. The normalized spacial score (nSPS) is 10.7. The standard InChI is InChI=1S/C25H17FN6.C14H12FN5.C13H14N2O.CH4/c1-16-8-10-17(11-9-16)22-19(13-27)14-29-24(30-22)23-20-6-4-12-28-25(20)32(31-23)15-18-5-2-3-7-21(18)26;15-11-6-2-1-4-9(11)8-20-14-10(5-3-7-18-14)12(19-20)13(16)17;1-10-4-6-11(7-5-10)13(16)12(8-14)9-15(2)3;/h2-12,14H,15H2,1H3;1-7H,8H2,(H3,16,17);4-7,9H,1-3H3;1H4/b;;12-9+;. The van der Waals surface area contributed by atoms with Gasteiger partial charge < -0.3 is 10.6 Å². The zero-order chi connectivity index (χ0) is 48.3. The molecule has 0 unspecified atom stereocenters. The van der Waals surface area contributed by atoms with E-state index in [1.807, 2.05) is 68.4 Å².